The van der Waals surface area contributed by atoms with Gasteiger partial charge in [-0.15, -0.1) is 5.10 Å². The van der Waals surface area contributed by atoms with Crippen molar-refractivity contribution >= 4 is 16.8 Å². The van der Waals surface area contributed by atoms with Gasteiger partial charge in [0.25, 0.3) is 0 Å². The van der Waals surface area contributed by atoms with Gasteiger partial charge in [0, 0.05) is 41.8 Å². The number of hydrogen-bond donors (Lipinski definition) is 2. The molecule has 0 radical (unpaired) electrons. The van der Waals surface area contributed by atoms with Crippen molar-refractivity contribution in [3.63, 3.8) is 0 Å². The van der Waals surface area contributed by atoms with Crippen molar-refractivity contribution in [1.82, 2.24) is 10.2 Å². The molecule has 0 aliphatic carbocycles. The zero-order valence-corrected chi connectivity index (χ0v) is 9.55. The average Bonchev–Trinajstić information content (AvgIpc) is 2.66. The summed E-state index contributed by atoms with van der Waals surface area (Å²) in [5.74, 6) is 1.78. The summed E-state index contributed by atoms with van der Waals surface area (Å²) < 4.78 is 16.3. The zero-order valence-electron chi connectivity index (χ0n) is 8.73. The van der Waals surface area contributed by atoms with Gasteiger partial charge in [-0.2, -0.15) is 0 Å². The molecule has 0 saturated heterocycles. The highest BCUT2D eigenvalue weighted by Crippen LogP contribution is 2.04. The van der Waals surface area contributed by atoms with Crippen LogP contribution in [-0.4, -0.2) is 39.0 Å². The predicted molar refractivity (Wildman–Crippen MR) is 59.1 cm³/mol. The van der Waals surface area contributed by atoms with Crippen LogP contribution in [0.15, 0.2) is 4.42 Å². The second-order valence-corrected chi connectivity index (χ2v) is 4.76. The molecular formula is C8H16N4O2S. The van der Waals surface area contributed by atoms with E-state index < -0.39 is 10.8 Å². The first-order chi connectivity index (χ1) is 7.26. The molecule has 0 aliphatic heterocycles. The summed E-state index contributed by atoms with van der Waals surface area (Å²) in [5, 5.41) is 10.5. The minimum atomic E-state index is -0.770. The first-order valence-corrected chi connectivity index (χ1v) is 6.36. The maximum absolute atomic E-state index is 11.1. The molecule has 1 unspecified atom stereocenters. The van der Waals surface area contributed by atoms with Crippen molar-refractivity contribution in [3.8, 4) is 0 Å². The monoisotopic (exact) mass is 232 g/mol. The Morgan fingerprint density at radius 2 is 2.33 bits per heavy atom. The largest absolute Gasteiger partial charge is 0.408 e. The van der Waals surface area contributed by atoms with Crippen LogP contribution in [0.2, 0.25) is 0 Å². The molecule has 7 heteroatoms. The summed E-state index contributed by atoms with van der Waals surface area (Å²) in [6.07, 6.45) is 0.579. The van der Waals surface area contributed by atoms with Crippen LogP contribution in [0, 0.1) is 0 Å². The van der Waals surface area contributed by atoms with Crippen LogP contribution in [0.5, 0.6) is 0 Å². The Labute approximate surface area is 91.1 Å². The Balaban J connectivity index is 2.28. The fourth-order valence-corrected chi connectivity index (χ4v) is 1.58. The zero-order chi connectivity index (χ0) is 11.1. The van der Waals surface area contributed by atoms with Gasteiger partial charge in [-0.25, -0.2) is 0 Å². The van der Waals surface area contributed by atoms with Gasteiger partial charge in [0.05, 0.1) is 0 Å². The van der Waals surface area contributed by atoms with Crippen molar-refractivity contribution in [2.45, 2.75) is 13.3 Å². The van der Waals surface area contributed by atoms with E-state index in [4.69, 9.17) is 10.2 Å². The van der Waals surface area contributed by atoms with Crippen LogP contribution in [-0.2, 0) is 17.2 Å². The molecule has 0 aliphatic rings. The molecule has 0 aromatic carbocycles. The second-order valence-electron chi connectivity index (χ2n) is 2.90. The number of anilines is 1. The topological polar surface area (TPSA) is 94.0 Å². The van der Waals surface area contributed by atoms with E-state index in [2.05, 4.69) is 15.5 Å². The van der Waals surface area contributed by atoms with E-state index in [9.17, 15) is 4.21 Å². The summed E-state index contributed by atoms with van der Waals surface area (Å²) in [7, 11) is -0.770. The maximum Gasteiger partial charge on any atom is 0.315 e. The fourth-order valence-electron chi connectivity index (χ4n) is 0.966. The molecule has 1 aromatic rings. The van der Waals surface area contributed by atoms with E-state index in [0.717, 1.165) is 0 Å². The van der Waals surface area contributed by atoms with Gasteiger partial charge >= 0.3 is 6.01 Å². The summed E-state index contributed by atoms with van der Waals surface area (Å²) in [5.41, 5.74) is 5.34. The smallest absolute Gasteiger partial charge is 0.315 e. The van der Waals surface area contributed by atoms with Gasteiger partial charge in [-0.3, -0.25) is 4.21 Å². The number of hydrogen-bond acceptors (Lipinski definition) is 6. The van der Waals surface area contributed by atoms with Gasteiger partial charge < -0.3 is 15.5 Å². The quantitative estimate of drug-likeness (QED) is 0.673. The highest BCUT2D eigenvalue weighted by atomic mass is 32.2. The second kappa shape index (κ2) is 6.52. The van der Waals surface area contributed by atoms with Crippen molar-refractivity contribution < 1.29 is 8.63 Å². The number of nitrogens with two attached hydrogens (primary N) is 1. The third-order valence-electron chi connectivity index (χ3n) is 1.75. The lowest BCUT2D eigenvalue weighted by atomic mass is 10.4. The molecule has 0 fully saturated rings. The van der Waals surface area contributed by atoms with Crippen LogP contribution in [0.4, 0.5) is 6.01 Å². The van der Waals surface area contributed by atoms with Gasteiger partial charge in [-0.05, 0) is 0 Å². The predicted octanol–water partition coefficient (Wildman–Crippen LogP) is -0.249. The van der Waals surface area contributed by atoms with Crippen molar-refractivity contribution in [2.75, 3.05) is 29.9 Å². The molecule has 0 saturated carbocycles. The first kappa shape index (κ1) is 12.1. The third kappa shape index (κ3) is 4.39. The summed E-state index contributed by atoms with van der Waals surface area (Å²) in [6, 6.07) is 0.367. The Morgan fingerprint density at radius 3 is 3.00 bits per heavy atom. The Hall–Kier alpha value is -0.950. The lowest BCUT2D eigenvalue weighted by Crippen LogP contribution is -2.12. The van der Waals surface area contributed by atoms with Crippen molar-refractivity contribution in [1.29, 1.82) is 0 Å². The molecule has 15 heavy (non-hydrogen) atoms. The molecule has 3 N–H and O–H groups in total. The standard InChI is InChI=1S/C8H16N4O2S/c1-2-15(13)6-5-10-8-12-11-7(14-8)3-4-9/h2-6,9H2,1H3,(H,10,12). The number of rotatable bonds is 7. The normalized spacial score (nSPS) is 12.7. The Kier molecular flexibility index (Phi) is 5.27. The fraction of sp³-hybridized carbons (Fsp3) is 0.750. The molecule has 1 atom stereocenters. The van der Waals surface area contributed by atoms with Crippen LogP contribution in [0.25, 0.3) is 0 Å². The molecule has 0 bridgehead atoms. The maximum atomic E-state index is 11.1. The van der Waals surface area contributed by atoms with Crippen molar-refractivity contribution in [2.24, 2.45) is 5.73 Å². The summed E-state index contributed by atoms with van der Waals surface area (Å²) >= 11 is 0. The summed E-state index contributed by atoms with van der Waals surface area (Å²) in [6.45, 7) is 2.95. The van der Waals surface area contributed by atoms with Gasteiger partial charge in [0.1, 0.15) is 0 Å². The van der Waals surface area contributed by atoms with Crippen molar-refractivity contribution in [3.05, 3.63) is 5.89 Å². The van der Waals surface area contributed by atoms with Crippen LogP contribution in [0.1, 0.15) is 12.8 Å². The number of nitrogens with one attached hydrogen (secondary N) is 1. The van der Waals surface area contributed by atoms with E-state index in [-0.39, 0.29) is 0 Å². The lowest BCUT2D eigenvalue weighted by Gasteiger charge is -1.99. The Morgan fingerprint density at radius 1 is 1.53 bits per heavy atom. The van der Waals surface area contributed by atoms with Crippen LogP contribution in [0.3, 0.4) is 0 Å². The molecule has 1 aromatic heterocycles. The van der Waals surface area contributed by atoms with E-state index in [1.54, 1.807) is 0 Å². The third-order valence-corrected chi connectivity index (χ3v) is 3.06. The lowest BCUT2D eigenvalue weighted by molar-refractivity contribution is 0.506. The molecule has 86 valence electrons. The van der Waals surface area contributed by atoms with E-state index in [1.165, 1.54) is 0 Å². The molecule has 6 nitrogen and oxygen atoms in total. The van der Waals surface area contributed by atoms with Gasteiger partial charge in [0.15, 0.2) is 0 Å². The summed E-state index contributed by atoms with van der Waals surface area (Å²) in [4.78, 5) is 0. The van der Waals surface area contributed by atoms with Crippen LogP contribution >= 0.6 is 0 Å². The SMILES string of the molecule is CCS(=O)CCNc1nnc(CCN)o1. The minimum Gasteiger partial charge on any atom is -0.408 e. The number of nitrogens with zero attached hydrogens (tertiary/aromatic N) is 2. The molecule has 0 spiro atoms. The Bertz CT molecular complexity index is 315. The van der Waals surface area contributed by atoms with E-state index in [0.29, 0.717) is 42.9 Å². The van der Waals surface area contributed by atoms with Gasteiger partial charge in [-0.1, -0.05) is 12.0 Å². The highest BCUT2D eigenvalue weighted by molar-refractivity contribution is 7.84. The molecular weight excluding hydrogens is 216 g/mol. The molecule has 0 amide bonds. The first-order valence-electron chi connectivity index (χ1n) is 4.87. The molecule has 1 heterocycles. The average molecular weight is 232 g/mol. The van der Waals surface area contributed by atoms with E-state index in [1.807, 2.05) is 6.92 Å². The van der Waals surface area contributed by atoms with Gasteiger partial charge in [0.2, 0.25) is 5.89 Å². The highest BCUT2D eigenvalue weighted by Gasteiger charge is 2.04. The minimum absolute atomic E-state index is 0.367. The van der Waals surface area contributed by atoms with Crippen LogP contribution < -0.4 is 11.1 Å². The molecule has 1 rings (SSSR count). The van der Waals surface area contributed by atoms with E-state index >= 15 is 0 Å². The number of aromatic nitrogens is 2.